The Bertz CT molecular complexity index is 611. The van der Waals surface area contributed by atoms with Crippen LogP contribution in [0.2, 0.25) is 0 Å². The average Bonchev–Trinajstić information content (AvgIpc) is 2.49. The maximum atomic E-state index is 12.3. The summed E-state index contributed by atoms with van der Waals surface area (Å²) in [5.41, 5.74) is 2.88. The Morgan fingerprint density at radius 2 is 2.10 bits per heavy atom. The average molecular weight is 284 g/mol. The van der Waals surface area contributed by atoms with Crippen LogP contribution >= 0.6 is 0 Å². The largest absolute Gasteiger partial charge is 0.480 e. The minimum absolute atomic E-state index is 0.161. The van der Waals surface area contributed by atoms with Crippen molar-refractivity contribution < 1.29 is 9.53 Å². The Kier molecular flexibility index (Phi) is 4.93. The van der Waals surface area contributed by atoms with Crippen LogP contribution < -0.4 is 10.1 Å². The van der Waals surface area contributed by atoms with E-state index >= 15 is 0 Å². The van der Waals surface area contributed by atoms with Crippen molar-refractivity contribution in [2.45, 2.75) is 33.3 Å². The number of amides is 1. The summed E-state index contributed by atoms with van der Waals surface area (Å²) in [6.45, 7) is 5.95. The summed E-state index contributed by atoms with van der Waals surface area (Å²) in [6.07, 6.45) is 3.35. The Morgan fingerprint density at radius 1 is 1.29 bits per heavy atom. The Hall–Kier alpha value is -2.36. The van der Waals surface area contributed by atoms with Crippen molar-refractivity contribution in [2.75, 3.05) is 5.32 Å². The molecule has 110 valence electrons. The normalized spacial score (nSPS) is 11.8. The van der Waals surface area contributed by atoms with E-state index in [0.717, 1.165) is 16.9 Å². The Labute approximate surface area is 125 Å². The highest BCUT2D eigenvalue weighted by atomic mass is 16.5. The highest BCUT2D eigenvalue weighted by Gasteiger charge is 2.19. The minimum Gasteiger partial charge on any atom is -0.480 e. The molecule has 2 rings (SSSR count). The second-order valence-electron chi connectivity index (χ2n) is 4.94. The summed E-state index contributed by atoms with van der Waals surface area (Å²) < 4.78 is 5.88. The number of ether oxygens (including phenoxy) is 1. The van der Waals surface area contributed by atoms with E-state index in [-0.39, 0.29) is 5.91 Å². The molecule has 0 aliphatic rings. The molecule has 21 heavy (non-hydrogen) atoms. The SMILES string of the molecule is CCC(Oc1cccc(C)c1C)C(=O)Nc1cccnc1. The van der Waals surface area contributed by atoms with E-state index < -0.39 is 6.10 Å². The first-order chi connectivity index (χ1) is 10.1. The van der Waals surface area contributed by atoms with Gasteiger partial charge in [0.05, 0.1) is 11.9 Å². The van der Waals surface area contributed by atoms with Gasteiger partial charge in [-0.1, -0.05) is 19.1 Å². The molecule has 1 N–H and O–H groups in total. The van der Waals surface area contributed by atoms with Crippen molar-refractivity contribution in [3.8, 4) is 5.75 Å². The van der Waals surface area contributed by atoms with Crippen molar-refractivity contribution >= 4 is 11.6 Å². The van der Waals surface area contributed by atoms with Crippen LogP contribution in [0.25, 0.3) is 0 Å². The second-order valence-corrected chi connectivity index (χ2v) is 4.94. The summed E-state index contributed by atoms with van der Waals surface area (Å²) in [5, 5.41) is 2.82. The van der Waals surface area contributed by atoms with Gasteiger partial charge in [-0.15, -0.1) is 0 Å². The van der Waals surface area contributed by atoms with E-state index in [1.54, 1.807) is 24.5 Å². The van der Waals surface area contributed by atoms with Gasteiger partial charge in [0.25, 0.3) is 5.91 Å². The maximum absolute atomic E-state index is 12.3. The van der Waals surface area contributed by atoms with Crippen LogP contribution in [0.4, 0.5) is 5.69 Å². The van der Waals surface area contributed by atoms with Crippen LogP contribution in [-0.2, 0) is 4.79 Å². The third-order valence-electron chi connectivity index (χ3n) is 3.42. The number of aromatic nitrogens is 1. The third-order valence-corrected chi connectivity index (χ3v) is 3.42. The van der Waals surface area contributed by atoms with Crippen molar-refractivity contribution in [3.05, 3.63) is 53.9 Å². The van der Waals surface area contributed by atoms with E-state index in [2.05, 4.69) is 10.3 Å². The number of rotatable bonds is 5. The summed E-state index contributed by atoms with van der Waals surface area (Å²) in [6, 6.07) is 9.43. The predicted molar refractivity (Wildman–Crippen MR) is 83.5 cm³/mol. The summed E-state index contributed by atoms with van der Waals surface area (Å²) in [5.74, 6) is 0.592. The molecule has 0 bridgehead atoms. The molecule has 0 radical (unpaired) electrons. The number of nitrogens with one attached hydrogen (secondary N) is 1. The predicted octanol–water partition coefficient (Wildman–Crippen LogP) is 3.49. The summed E-state index contributed by atoms with van der Waals surface area (Å²) >= 11 is 0. The number of pyridine rings is 1. The van der Waals surface area contributed by atoms with E-state index in [0.29, 0.717) is 12.1 Å². The van der Waals surface area contributed by atoms with E-state index in [1.807, 2.05) is 39.0 Å². The van der Waals surface area contributed by atoms with Crippen LogP contribution in [0.3, 0.4) is 0 Å². The molecule has 0 saturated carbocycles. The first-order valence-electron chi connectivity index (χ1n) is 7.05. The lowest BCUT2D eigenvalue weighted by Crippen LogP contribution is -2.32. The molecule has 4 heteroatoms. The summed E-state index contributed by atoms with van der Waals surface area (Å²) in [4.78, 5) is 16.3. The van der Waals surface area contributed by atoms with Crippen molar-refractivity contribution in [3.63, 3.8) is 0 Å². The molecule has 1 atom stereocenters. The fourth-order valence-corrected chi connectivity index (χ4v) is 1.99. The molecule has 1 unspecified atom stereocenters. The lowest BCUT2D eigenvalue weighted by atomic mass is 10.1. The molecule has 0 saturated heterocycles. The van der Waals surface area contributed by atoms with Gasteiger partial charge < -0.3 is 10.1 Å². The first kappa shape index (κ1) is 15.0. The van der Waals surface area contributed by atoms with Crippen molar-refractivity contribution in [2.24, 2.45) is 0 Å². The molecule has 1 heterocycles. The smallest absolute Gasteiger partial charge is 0.265 e. The maximum Gasteiger partial charge on any atom is 0.265 e. The second kappa shape index (κ2) is 6.88. The summed E-state index contributed by atoms with van der Waals surface area (Å²) in [7, 11) is 0. The molecule has 1 aromatic carbocycles. The molecule has 0 aliphatic carbocycles. The monoisotopic (exact) mass is 284 g/mol. The number of benzene rings is 1. The third kappa shape index (κ3) is 3.81. The van der Waals surface area contributed by atoms with Gasteiger partial charge in [0, 0.05) is 6.20 Å². The van der Waals surface area contributed by atoms with E-state index in [9.17, 15) is 4.79 Å². The zero-order valence-corrected chi connectivity index (χ0v) is 12.6. The molecule has 0 fully saturated rings. The lowest BCUT2D eigenvalue weighted by molar-refractivity contribution is -0.122. The van der Waals surface area contributed by atoms with Crippen molar-refractivity contribution in [1.29, 1.82) is 0 Å². The highest BCUT2D eigenvalue weighted by Crippen LogP contribution is 2.22. The standard InChI is InChI=1S/C17H20N2O2/c1-4-15(17(20)19-14-8-6-10-18-11-14)21-16-9-5-7-12(2)13(16)3/h5-11,15H,4H2,1-3H3,(H,19,20). The topological polar surface area (TPSA) is 51.2 Å². The Morgan fingerprint density at radius 3 is 2.76 bits per heavy atom. The van der Waals surface area contributed by atoms with Crippen LogP contribution in [0.15, 0.2) is 42.7 Å². The molecule has 1 aromatic heterocycles. The van der Waals surface area contributed by atoms with Gasteiger partial charge in [-0.05, 0) is 49.6 Å². The highest BCUT2D eigenvalue weighted by molar-refractivity contribution is 5.94. The zero-order chi connectivity index (χ0) is 15.2. The van der Waals surface area contributed by atoms with Crippen LogP contribution in [0.5, 0.6) is 5.75 Å². The first-order valence-corrected chi connectivity index (χ1v) is 7.05. The van der Waals surface area contributed by atoms with Crippen LogP contribution in [0, 0.1) is 13.8 Å². The van der Waals surface area contributed by atoms with Gasteiger partial charge >= 0.3 is 0 Å². The van der Waals surface area contributed by atoms with E-state index in [1.165, 1.54) is 0 Å². The van der Waals surface area contributed by atoms with Gasteiger partial charge in [0.15, 0.2) is 6.10 Å². The molecule has 1 amide bonds. The molecule has 4 nitrogen and oxygen atoms in total. The van der Waals surface area contributed by atoms with Gasteiger partial charge in [-0.2, -0.15) is 0 Å². The number of hydrogen-bond donors (Lipinski definition) is 1. The van der Waals surface area contributed by atoms with Gasteiger partial charge in [-0.3, -0.25) is 9.78 Å². The van der Waals surface area contributed by atoms with Gasteiger partial charge in [0.2, 0.25) is 0 Å². The number of hydrogen-bond acceptors (Lipinski definition) is 3. The number of carbonyl (C=O) groups excluding carboxylic acids is 1. The lowest BCUT2D eigenvalue weighted by Gasteiger charge is -2.19. The van der Waals surface area contributed by atoms with E-state index in [4.69, 9.17) is 4.74 Å². The van der Waals surface area contributed by atoms with Gasteiger partial charge in [-0.25, -0.2) is 0 Å². The number of aryl methyl sites for hydroxylation is 1. The van der Waals surface area contributed by atoms with Crippen LogP contribution in [0.1, 0.15) is 24.5 Å². The fraction of sp³-hybridized carbons (Fsp3) is 0.294. The zero-order valence-electron chi connectivity index (χ0n) is 12.6. The van der Waals surface area contributed by atoms with Crippen molar-refractivity contribution in [1.82, 2.24) is 4.98 Å². The molecular formula is C17H20N2O2. The molecule has 0 spiro atoms. The number of anilines is 1. The molecule has 2 aromatic rings. The number of carbonyl (C=O) groups is 1. The minimum atomic E-state index is -0.522. The molecular weight excluding hydrogens is 264 g/mol. The van der Waals surface area contributed by atoms with Gasteiger partial charge in [0.1, 0.15) is 5.75 Å². The molecule has 0 aliphatic heterocycles. The fourth-order valence-electron chi connectivity index (χ4n) is 1.99. The van der Waals surface area contributed by atoms with Crippen LogP contribution in [-0.4, -0.2) is 17.0 Å². The Balaban J connectivity index is 2.09. The quantitative estimate of drug-likeness (QED) is 0.914. The number of nitrogens with zero attached hydrogens (tertiary/aromatic N) is 1.